The van der Waals surface area contributed by atoms with Crippen molar-refractivity contribution in [2.45, 2.75) is 46.6 Å². The van der Waals surface area contributed by atoms with Crippen molar-refractivity contribution in [3.05, 3.63) is 18.1 Å². The maximum Gasteiger partial charge on any atom is 0.307 e. The molecule has 0 amide bonds. The summed E-state index contributed by atoms with van der Waals surface area (Å²) >= 11 is 0. The SMILES string of the molecule is Cc1cc(NC2CCC(C(=O)O)C(C)(C)C2C)ncn1. The van der Waals surface area contributed by atoms with Crippen LogP contribution in [0.2, 0.25) is 0 Å². The van der Waals surface area contributed by atoms with Gasteiger partial charge >= 0.3 is 5.97 Å². The van der Waals surface area contributed by atoms with Crippen molar-refractivity contribution in [2.75, 3.05) is 5.32 Å². The van der Waals surface area contributed by atoms with Crippen molar-refractivity contribution in [3.8, 4) is 0 Å². The number of aromatic nitrogens is 2. The van der Waals surface area contributed by atoms with Crippen LogP contribution in [0.1, 0.15) is 39.3 Å². The van der Waals surface area contributed by atoms with Crippen LogP contribution in [-0.2, 0) is 4.79 Å². The van der Waals surface area contributed by atoms with E-state index < -0.39 is 5.97 Å². The summed E-state index contributed by atoms with van der Waals surface area (Å²) in [5.41, 5.74) is 0.692. The van der Waals surface area contributed by atoms with Gasteiger partial charge in [0.25, 0.3) is 0 Å². The minimum Gasteiger partial charge on any atom is -0.481 e. The summed E-state index contributed by atoms with van der Waals surface area (Å²) in [6.45, 7) is 8.16. The van der Waals surface area contributed by atoms with E-state index in [1.807, 2.05) is 13.0 Å². The topological polar surface area (TPSA) is 75.1 Å². The fourth-order valence-electron chi connectivity index (χ4n) is 3.17. The molecule has 2 N–H and O–H groups in total. The second-order valence-corrected chi connectivity index (χ2v) is 6.37. The molecule has 0 spiro atoms. The second kappa shape index (κ2) is 5.38. The van der Waals surface area contributed by atoms with Crippen molar-refractivity contribution >= 4 is 11.8 Å². The first-order valence-corrected chi connectivity index (χ1v) is 7.10. The van der Waals surface area contributed by atoms with Crippen LogP contribution in [0.4, 0.5) is 5.82 Å². The number of aryl methyl sites for hydroxylation is 1. The van der Waals surface area contributed by atoms with Gasteiger partial charge in [0.2, 0.25) is 0 Å². The van der Waals surface area contributed by atoms with E-state index in [-0.39, 0.29) is 23.3 Å². The van der Waals surface area contributed by atoms with Crippen LogP contribution in [0.25, 0.3) is 0 Å². The van der Waals surface area contributed by atoms with Gasteiger partial charge in [0.05, 0.1) is 5.92 Å². The van der Waals surface area contributed by atoms with E-state index in [9.17, 15) is 9.90 Å². The lowest BCUT2D eigenvalue weighted by atomic mass is 9.61. The van der Waals surface area contributed by atoms with Crippen LogP contribution in [-0.4, -0.2) is 27.1 Å². The van der Waals surface area contributed by atoms with Crippen molar-refractivity contribution < 1.29 is 9.90 Å². The van der Waals surface area contributed by atoms with E-state index in [4.69, 9.17) is 0 Å². The lowest BCUT2D eigenvalue weighted by Crippen LogP contribution is -2.48. The lowest BCUT2D eigenvalue weighted by molar-refractivity contribution is -0.149. The third-order valence-corrected chi connectivity index (χ3v) is 4.88. The Morgan fingerprint density at radius 1 is 1.40 bits per heavy atom. The van der Waals surface area contributed by atoms with E-state index in [0.29, 0.717) is 6.42 Å². The first-order chi connectivity index (χ1) is 9.32. The summed E-state index contributed by atoms with van der Waals surface area (Å²) in [5, 5.41) is 12.8. The van der Waals surface area contributed by atoms with Crippen LogP contribution in [0.3, 0.4) is 0 Å². The minimum absolute atomic E-state index is 0.232. The van der Waals surface area contributed by atoms with E-state index in [1.165, 1.54) is 0 Å². The largest absolute Gasteiger partial charge is 0.481 e. The number of hydrogen-bond donors (Lipinski definition) is 2. The molecular formula is C15H23N3O2. The third kappa shape index (κ3) is 2.76. The van der Waals surface area contributed by atoms with Crippen LogP contribution >= 0.6 is 0 Å². The number of aliphatic carboxylic acids is 1. The molecule has 0 aromatic carbocycles. The molecule has 0 bridgehead atoms. The van der Waals surface area contributed by atoms with Gasteiger partial charge in [0.15, 0.2) is 0 Å². The zero-order valence-corrected chi connectivity index (χ0v) is 12.6. The van der Waals surface area contributed by atoms with Crippen molar-refractivity contribution in [1.29, 1.82) is 0 Å². The Morgan fingerprint density at radius 2 is 2.10 bits per heavy atom. The molecule has 0 radical (unpaired) electrons. The molecule has 3 atom stereocenters. The lowest BCUT2D eigenvalue weighted by Gasteiger charge is -2.46. The Balaban J connectivity index is 2.14. The Labute approximate surface area is 119 Å². The van der Waals surface area contributed by atoms with Gasteiger partial charge in [-0.2, -0.15) is 0 Å². The van der Waals surface area contributed by atoms with Gasteiger partial charge in [-0.05, 0) is 31.1 Å². The number of carboxylic acids is 1. The number of carboxylic acid groups (broad SMARTS) is 1. The maximum absolute atomic E-state index is 11.4. The standard InChI is InChI=1S/C15H23N3O2/c1-9-7-13(17-8-16-9)18-12-6-5-11(14(19)20)15(3,4)10(12)2/h7-8,10-12H,5-6H2,1-4H3,(H,19,20)(H,16,17,18). The fraction of sp³-hybridized carbons (Fsp3) is 0.667. The molecule has 1 aliphatic rings. The van der Waals surface area contributed by atoms with Gasteiger partial charge in [-0.1, -0.05) is 20.8 Å². The molecule has 1 aromatic rings. The maximum atomic E-state index is 11.4. The van der Waals surface area contributed by atoms with Gasteiger partial charge < -0.3 is 10.4 Å². The fourth-order valence-corrected chi connectivity index (χ4v) is 3.17. The van der Waals surface area contributed by atoms with E-state index >= 15 is 0 Å². The minimum atomic E-state index is -0.682. The normalized spacial score (nSPS) is 28.9. The van der Waals surface area contributed by atoms with E-state index in [1.54, 1.807) is 6.33 Å². The molecule has 1 saturated carbocycles. The molecular weight excluding hydrogens is 254 g/mol. The predicted molar refractivity (Wildman–Crippen MR) is 77.5 cm³/mol. The van der Waals surface area contributed by atoms with Crippen molar-refractivity contribution in [1.82, 2.24) is 9.97 Å². The van der Waals surface area contributed by atoms with Crippen molar-refractivity contribution in [2.24, 2.45) is 17.3 Å². The summed E-state index contributed by atoms with van der Waals surface area (Å²) in [5.74, 6) is 0.118. The van der Waals surface area contributed by atoms with Crippen molar-refractivity contribution in [3.63, 3.8) is 0 Å². The monoisotopic (exact) mass is 277 g/mol. The van der Waals surface area contributed by atoms with Gasteiger partial charge in [-0.25, -0.2) is 9.97 Å². The predicted octanol–water partition coefficient (Wildman–Crippen LogP) is 2.72. The zero-order chi connectivity index (χ0) is 14.9. The molecule has 110 valence electrons. The summed E-state index contributed by atoms with van der Waals surface area (Å²) < 4.78 is 0. The molecule has 1 aliphatic carbocycles. The van der Waals surface area contributed by atoms with Gasteiger partial charge in [0.1, 0.15) is 12.1 Å². The highest BCUT2D eigenvalue weighted by Crippen LogP contribution is 2.45. The Hall–Kier alpha value is -1.65. The number of rotatable bonds is 3. The molecule has 3 unspecified atom stereocenters. The number of anilines is 1. The van der Waals surface area contributed by atoms with Gasteiger partial charge in [0, 0.05) is 17.8 Å². The first-order valence-electron chi connectivity index (χ1n) is 7.10. The summed E-state index contributed by atoms with van der Waals surface area (Å²) in [6.07, 6.45) is 3.11. The highest BCUT2D eigenvalue weighted by Gasteiger charge is 2.46. The Bertz CT molecular complexity index is 502. The number of carbonyl (C=O) groups is 1. The second-order valence-electron chi connectivity index (χ2n) is 6.37. The molecule has 0 saturated heterocycles. The molecule has 0 aliphatic heterocycles. The summed E-state index contributed by atoms with van der Waals surface area (Å²) in [7, 11) is 0. The highest BCUT2D eigenvalue weighted by molar-refractivity contribution is 5.71. The van der Waals surface area contributed by atoms with Crippen LogP contribution in [0.5, 0.6) is 0 Å². The van der Waals surface area contributed by atoms with E-state index in [2.05, 4.69) is 36.1 Å². The average Bonchev–Trinajstić information content (AvgIpc) is 2.34. The smallest absolute Gasteiger partial charge is 0.307 e. The van der Waals surface area contributed by atoms with Crippen LogP contribution in [0, 0.1) is 24.2 Å². The summed E-state index contributed by atoms with van der Waals surface area (Å²) in [4.78, 5) is 19.7. The molecule has 2 rings (SSSR count). The van der Waals surface area contributed by atoms with Crippen LogP contribution < -0.4 is 5.32 Å². The van der Waals surface area contributed by atoms with Gasteiger partial charge in [-0.3, -0.25) is 4.79 Å². The van der Waals surface area contributed by atoms with Crippen LogP contribution in [0.15, 0.2) is 12.4 Å². The molecule has 1 aromatic heterocycles. The van der Waals surface area contributed by atoms with Gasteiger partial charge in [-0.15, -0.1) is 0 Å². The van der Waals surface area contributed by atoms with E-state index in [0.717, 1.165) is 17.9 Å². The zero-order valence-electron chi connectivity index (χ0n) is 12.6. The molecule has 5 nitrogen and oxygen atoms in total. The quantitative estimate of drug-likeness (QED) is 0.888. The average molecular weight is 277 g/mol. The molecule has 5 heteroatoms. The highest BCUT2D eigenvalue weighted by atomic mass is 16.4. The molecule has 1 heterocycles. The number of nitrogens with one attached hydrogen (secondary N) is 1. The molecule has 20 heavy (non-hydrogen) atoms. The number of hydrogen-bond acceptors (Lipinski definition) is 4. The first kappa shape index (κ1) is 14.8. The Morgan fingerprint density at radius 3 is 2.70 bits per heavy atom. The summed E-state index contributed by atoms with van der Waals surface area (Å²) in [6, 6.07) is 2.16. The Kier molecular flexibility index (Phi) is 3.97. The molecule has 1 fully saturated rings. The number of nitrogens with zero attached hydrogens (tertiary/aromatic N) is 2. The third-order valence-electron chi connectivity index (χ3n) is 4.88.